The average Bonchev–Trinajstić information content (AvgIpc) is 2.85. The van der Waals surface area contributed by atoms with Gasteiger partial charge in [0.1, 0.15) is 6.04 Å². The lowest BCUT2D eigenvalue weighted by Crippen LogP contribution is -2.50. The van der Waals surface area contributed by atoms with Gasteiger partial charge in [0.25, 0.3) is 0 Å². The number of carbonyl (C=O) groups excluding carboxylic acids is 2. The molecule has 0 heterocycles. The summed E-state index contributed by atoms with van der Waals surface area (Å²) in [6.45, 7) is 2.47. The molecule has 0 saturated carbocycles. The van der Waals surface area contributed by atoms with Gasteiger partial charge in [-0.1, -0.05) is 91.0 Å². The second kappa shape index (κ2) is 10.6. The Morgan fingerprint density at radius 1 is 0.788 bits per heavy atom. The van der Waals surface area contributed by atoms with Gasteiger partial charge in [-0.2, -0.15) is 0 Å². The minimum atomic E-state index is -0.657. The van der Waals surface area contributed by atoms with Crippen LogP contribution in [-0.4, -0.2) is 24.4 Å². The van der Waals surface area contributed by atoms with Gasteiger partial charge in [-0.25, -0.2) is 0 Å². The summed E-state index contributed by atoms with van der Waals surface area (Å²) in [7, 11) is 0. The zero-order valence-corrected chi connectivity index (χ0v) is 18.8. The first kappa shape index (κ1) is 22.3. The van der Waals surface area contributed by atoms with Gasteiger partial charge in [-0.05, 0) is 41.0 Å². The van der Waals surface area contributed by atoms with Gasteiger partial charge >= 0.3 is 0 Å². The first-order chi connectivity index (χ1) is 16.2. The number of amides is 2. The van der Waals surface area contributed by atoms with Gasteiger partial charge in [-0.15, -0.1) is 0 Å². The SMILES string of the molecule is CCN(C(=O)[C@H](Cc1ccccc1)NC(=O)Cc1cccc2ccccc12)c1ccccc1. The molecule has 0 bridgehead atoms. The van der Waals surface area contributed by atoms with E-state index in [-0.39, 0.29) is 18.2 Å². The molecular weight excluding hydrogens is 408 g/mol. The van der Waals surface area contributed by atoms with E-state index >= 15 is 0 Å². The summed E-state index contributed by atoms with van der Waals surface area (Å²) in [6.07, 6.45) is 0.654. The first-order valence-electron chi connectivity index (χ1n) is 11.3. The van der Waals surface area contributed by atoms with Gasteiger partial charge < -0.3 is 10.2 Å². The van der Waals surface area contributed by atoms with Crippen molar-refractivity contribution in [3.63, 3.8) is 0 Å². The maximum absolute atomic E-state index is 13.6. The van der Waals surface area contributed by atoms with Crippen molar-refractivity contribution >= 4 is 28.3 Å². The standard InChI is InChI=1S/C29H28N2O2/c1-2-31(25-17-7-4-8-18-25)29(33)27(20-22-12-5-3-6-13-22)30-28(32)21-24-16-11-15-23-14-9-10-19-26(23)24/h3-19,27H,2,20-21H2,1H3,(H,30,32)/t27-/m0/s1. The quantitative estimate of drug-likeness (QED) is 0.415. The fraction of sp³-hybridized carbons (Fsp3) is 0.172. The van der Waals surface area contributed by atoms with Crippen LogP contribution in [-0.2, 0) is 22.4 Å². The Kier molecular flexibility index (Phi) is 7.16. The predicted octanol–water partition coefficient (Wildman–Crippen LogP) is 5.16. The van der Waals surface area contributed by atoms with Crippen LogP contribution in [0.2, 0.25) is 0 Å². The van der Waals surface area contributed by atoms with E-state index in [0.717, 1.165) is 27.6 Å². The minimum absolute atomic E-state index is 0.112. The Hall–Kier alpha value is -3.92. The number of hydrogen-bond acceptors (Lipinski definition) is 2. The van der Waals surface area contributed by atoms with E-state index in [1.807, 2.05) is 110 Å². The van der Waals surface area contributed by atoms with Crippen LogP contribution in [0.3, 0.4) is 0 Å². The molecule has 4 aromatic carbocycles. The maximum atomic E-state index is 13.6. The monoisotopic (exact) mass is 436 g/mol. The van der Waals surface area contributed by atoms with Crippen LogP contribution in [0.5, 0.6) is 0 Å². The van der Waals surface area contributed by atoms with Crippen molar-refractivity contribution in [3.05, 3.63) is 114 Å². The average molecular weight is 437 g/mol. The maximum Gasteiger partial charge on any atom is 0.249 e. The number of hydrogen-bond donors (Lipinski definition) is 1. The van der Waals surface area contributed by atoms with Gasteiger partial charge in [0.2, 0.25) is 11.8 Å². The number of para-hydroxylation sites is 1. The fourth-order valence-corrected chi connectivity index (χ4v) is 4.18. The Balaban J connectivity index is 1.57. The summed E-state index contributed by atoms with van der Waals surface area (Å²) in [5.74, 6) is -0.274. The topological polar surface area (TPSA) is 49.4 Å². The number of likely N-dealkylation sites (N-methyl/N-ethyl adjacent to an activating group) is 1. The Labute approximate surface area is 194 Å². The second-order valence-corrected chi connectivity index (χ2v) is 8.04. The summed E-state index contributed by atoms with van der Waals surface area (Å²) in [5.41, 5.74) is 2.78. The molecule has 0 radical (unpaired) electrons. The van der Waals surface area contributed by atoms with E-state index in [9.17, 15) is 9.59 Å². The van der Waals surface area contributed by atoms with E-state index in [1.54, 1.807) is 4.90 Å². The molecule has 1 atom stereocenters. The van der Waals surface area contributed by atoms with Crippen LogP contribution in [0.4, 0.5) is 5.69 Å². The highest BCUT2D eigenvalue weighted by molar-refractivity contribution is 6.00. The van der Waals surface area contributed by atoms with Crippen LogP contribution >= 0.6 is 0 Å². The zero-order valence-electron chi connectivity index (χ0n) is 18.8. The Morgan fingerprint density at radius 2 is 1.42 bits per heavy atom. The largest absolute Gasteiger partial charge is 0.344 e. The summed E-state index contributed by atoms with van der Waals surface area (Å²) >= 11 is 0. The molecule has 4 rings (SSSR count). The molecule has 2 amide bonds. The predicted molar refractivity (Wildman–Crippen MR) is 134 cm³/mol. The number of carbonyl (C=O) groups is 2. The lowest BCUT2D eigenvalue weighted by Gasteiger charge is -2.27. The van der Waals surface area contributed by atoms with Crippen LogP contribution in [0, 0.1) is 0 Å². The van der Waals surface area contributed by atoms with Crippen molar-refractivity contribution in [2.45, 2.75) is 25.8 Å². The molecule has 0 unspecified atom stereocenters. The van der Waals surface area contributed by atoms with E-state index in [0.29, 0.717) is 13.0 Å². The summed E-state index contributed by atoms with van der Waals surface area (Å²) in [4.78, 5) is 28.4. The van der Waals surface area contributed by atoms with Crippen LogP contribution < -0.4 is 10.2 Å². The highest BCUT2D eigenvalue weighted by Gasteiger charge is 2.26. The lowest BCUT2D eigenvalue weighted by atomic mass is 10.0. The number of rotatable bonds is 8. The van der Waals surface area contributed by atoms with Gasteiger partial charge in [0, 0.05) is 18.7 Å². The molecule has 4 aromatic rings. The number of nitrogens with one attached hydrogen (secondary N) is 1. The van der Waals surface area contributed by atoms with Gasteiger partial charge in [-0.3, -0.25) is 9.59 Å². The molecular formula is C29H28N2O2. The van der Waals surface area contributed by atoms with Crippen molar-refractivity contribution in [1.82, 2.24) is 5.32 Å². The Morgan fingerprint density at radius 3 is 2.15 bits per heavy atom. The van der Waals surface area contributed by atoms with Crippen molar-refractivity contribution in [3.8, 4) is 0 Å². The second-order valence-electron chi connectivity index (χ2n) is 8.04. The summed E-state index contributed by atoms with van der Waals surface area (Å²) in [5, 5.41) is 5.19. The number of anilines is 1. The normalized spacial score (nSPS) is 11.7. The molecule has 4 heteroatoms. The first-order valence-corrected chi connectivity index (χ1v) is 11.3. The number of nitrogens with zero attached hydrogens (tertiary/aromatic N) is 1. The summed E-state index contributed by atoms with van der Waals surface area (Å²) in [6, 6.07) is 32.7. The van der Waals surface area contributed by atoms with Crippen LogP contribution in [0.15, 0.2) is 103 Å². The fourth-order valence-electron chi connectivity index (χ4n) is 4.18. The van der Waals surface area contributed by atoms with Gasteiger partial charge in [0.15, 0.2) is 0 Å². The highest BCUT2D eigenvalue weighted by atomic mass is 16.2. The van der Waals surface area contributed by atoms with Crippen molar-refractivity contribution in [2.75, 3.05) is 11.4 Å². The molecule has 0 aliphatic heterocycles. The van der Waals surface area contributed by atoms with Gasteiger partial charge in [0.05, 0.1) is 6.42 Å². The number of fused-ring (bicyclic) bond motifs is 1. The van der Waals surface area contributed by atoms with Crippen molar-refractivity contribution in [2.24, 2.45) is 0 Å². The Bertz CT molecular complexity index is 1220. The van der Waals surface area contributed by atoms with Crippen LogP contribution in [0.1, 0.15) is 18.1 Å². The summed E-state index contributed by atoms with van der Waals surface area (Å²) < 4.78 is 0. The molecule has 1 N–H and O–H groups in total. The van der Waals surface area contributed by atoms with Crippen molar-refractivity contribution in [1.29, 1.82) is 0 Å². The van der Waals surface area contributed by atoms with E-state index in [2.05, 4.69) is 5.32 Å². The third kappa shape index (κ3) is 5.47. The molecule has 0 aromatic heterocycles. The molecule has 0 spiro atoms. The molecule has 0 aliphatic rings. The van der Waals surface area contributed by atoms with E-state index in [1.165, 1.54) is 0 Å². The molecule has 33 heavy (non-hydrogen) atoms. The minimum Gasteiger partial charge on any atom is -0.344 e. The molecule has 4 nitrogen and oxygen atoms in total. The third-order valence-corrected chi connectivity index (χ3v) is 5.80. The molecule has 0 aliphatic carbocycles. The van der Waals surface area contributed by atoms with Crippen LogP contribution in [0.25, 0.3) is 10.8 Å². The number of benzene rings is 4. The smallest absolute Gasteiger partial charge is 0.249 e. The lowest BCUT2D eigenvalue weighted by molar-refractivity contribution is -0.127. The van der Waals surface area contributed by atoms with E-state index < -0.39 is 6.04 Å². The molecule has 0 fully saturated rings. The molecule has 0 saturated heterocycles. The molecule has 166 valence electrons. The zero-order chi connectivity index (χ0) is 23.0. The van der Waals surface area contributed by atoms with Crippen molar-refractivity contribution < 1.29 is 9.59 Å². The third-order valence-electron chi connectivity index (χ3n) is 5.80. The van der Waals surface area contributed by atoms with E-state index in [4.69, 9.17) is 0 Å². The highest BCUT2D eigenvalue weighted by Crippen LogP contribution is 2.20.